The predicted octanol–water partition coefficient (Wildman–Crippen LogP) is 2.99. The number of nitrogens with zero attached hydrogens (tertiary/aromatic N) is 1. The van der Waals surface area contributed by atoms with Crippen molar-refractivity contribution in [3.05, 3.63) is 53.3 Å². The van der Waals surface area contributed by atoms with Gasteiger partial charge in [0.15, 0.2) is 0 Å². The first-order valence-electron chi connectivity index (χ1n) is 4.87. The highest BCUT2D eigenvalue weighted by Crippen LogP contribution is 2.28. The van der Waals surface area contributed by atoms with Crippen LogP contribution in [0.25, 0.3) is 0 Å². The van der Waals surface area contributed by atoms with Gasteiger partial charge in [-0.05, 0) is 24.3 Å². The number of rotatable bonds is 3. The Bertz CT molecular complexity index is 471. The summed E-state index contributed by atoms with van der Waals surface area (Å²) in [6, 6.07) is 10.9. The minimum absolute atomic E-state index is 0.423. The van der Waals surface area contributed by atoms with Crippen LogP contribution in [-0.4, -0.2) is 4.98 Å². The number of benzene rings is 1. The van der Waals surface area contributed by atoms with E-state index < -0.39 is 0 Å². The Morgan fingerprint density at radius 3 is 2.62 bits per heavy atom. The quantitative estimate of drug-likeness (QED) is 0.888. The molecule has 0 spiro atoms. The van der Waals surface area contributed by atoms with Crippen LogP contribution in [-0.2, 0) is 6.54 Å². The van der Waals surface area contributed by atoms with Gasteiger partial charge in [0.25, 0.3) is 0 Å². The number of hydrogen-bond donors (Lipinski definition) is 1. The predicted molar refractivity (Wildman–Crippen MR) is 63.7 cm³/mol. The van der Waals surface area contributed by atoms with Gasteiger partial charge in [0, 0.05) is 6.54 Å². The molecule has 82 valence electrons. The van der Waals surface area contributed by atoms with E-state index in [2.05, 4.69) is 4.98 Å². The van der Waals surface area contributed by atoms with Gasteiger partial charge in [0.1, 0.15) is 11.5 Å². The van der Waals surface area contributed by atoms with Crippen molar-refractivity contribution >= 4 is 11.6 Å². The molecule has 0 aliphatic carbocycles. The number of aromatic nitrogens is 1. The molecule has 0 fully saturated rings. The fourth-order valence-corrected chi connectivity index (χ4v) is 1.42. The zero-order valence-electron chi connectivity index (χ0n) is 8.56. The van der Waals surface area contributed by atoms with Crippen molar-refractivity contribution in [3.63, 3.8) is 0 Å². The van der Waals surface area contributed by atoms with Crippen LogP contribution >= 0.6 is 11.6 Å². The van der Waals surface area contributed by atoms with Crippen molar-refractivity contribution in [1.29, 1.82) is 0 Å². The van der Waals surface area contributed by atoms with Crippen molar-refractivity contribution in [3.8, 4) is 11.5 Å². The summed E-state index contributed by atoms with van der Waals surface area (Å²) >= 11 is 5.97. The number of nitrogens with two attached hydrogens (primary N) is 1. The molecule has 4 heteroatoms. The van der Waals surface area contributed by atoms with E-state index in [1.54, 1.807) is 18.3 Å². The Labute approximate surface area is 98.8 Å². The van der Waals surface area contributed by atoms with Crippen LogP contribution in [0.4, 0.5) is 0 Å². The fourth-order valence-electron chi connectivity index (χ4n) is 1.25. The molecule has 0 unspecified atom stereocenters. The molecule has 0 bridgehead atoms. The SMILES string of the molecule is NCc1ccc(Oc2ccccc2Cl)cn1. The van der Waals surface area contributed by atoms with E-state index in [1.165, 1.54) is 0 Å². The number of halogens is 1. The standard InChI is InChI=1S/C12H11ClN2O/c13-11-3-1-2-4-12(11)16-10-6-5-9(7-14)15-8-10/h1-6,8H,7,14H2. The molecule has 0 radical (unpaired) electrons. The fraction of sp³-hybridized carbons (Fsp3) is 0.0833. The molecule has 1 aromatic heterocycles. The van der Waals surface area contributed by atoms with Gasteiger partial charge in [-0.25, -0.2) is 0 Å². The average Bonchev–Trinajstić information content (AvgIpc) is 2.33. The maximum absolute atomic E-state index is 5.97. The van der Waals surface area contributed by atoms with E-state index in [0.29, 0.717) is 23.1 Å². The Morgan fingerprint density at radius 1 is 1.19 bits per heavy atom. The second kappa shape index (κ2) is 4.96. The largest absolute Gasteiger partial charge is 0.454 e. The van der Waals surface area contributed by atoms with Crippen molar-refractivity contribution in [2.75, 3.05) is 0 Å². The summed E-state index contributed by atoms with van der Waals surface area (Å²) in [5, 5.41) is 0.574. The normalized spacial score (nSPS) is 10.1. The molecule has 0 amide bonds. The summed E-state index contributed by atoms with van der Waals surface area (Å²) in [5.41, 5.74) is 6.28. The molecule has 1 aromatic carbocycles. The Balaban J connectivity index is 2.18. The molecular weight excluding hydrogens is 224 g/mol. The monoisotopic (exact) mass is 234 g/mol. The number of hydrogen-bond acceptors (Lipinski definition) is 3. The van der Waals surface area contributed by atoms with E-state index in [0.717, 1.165) is 5.69 Å². The van der Waals surface area contributed by atoms with Crippen LogP contribution in [0, 0.1) is 0 Å². The molecule has 0 atom stereocenters. The first-order valence-corrected chi connectivity index (χ1v) is 5.25. The van der Waals surface area contributed by atoms with Gasteiger partial charge in [-0.3, -0.25) is 4.98 Å². The Hall–Kier alpha value is -1.58. The van der Waals surface area contributed by atoms with E-state index in [1.807, 2.05) is 24.3 Å². The zero-order valence-corrected chi connectivity index (χ0v) is 9.32. The van der Waals surface area contributed by atoms with Gasteiger partial charge < -0.3 is 10.5 Å². The third-order valence-electron chi connectivity index (χ3n) is 2.07. The lowest BCUT2D eigenvalue weighted by Gasteiger charge is -2.06. The summed E-state index contributed by atoms with van der Waals surface area (Å²) in [6.07, 6.45) is 1.63. The van der Waals surface area contributed by atoms with Gasteiger partial charge in [-0.2, -0.15) is 0 Å². The van der Waals surface area contributed by atoms with E-state index in [4.69, 9.17) is 22.1 Å². The molecule has 1 heterocycles. The minimum Gasteiger partial charge on any atom is -0.454 e. The Kier molecular flexibility index (Phi) is 3.39. The lowest BCUT2D eigenvalue weighted by Crippen LogP contribution is -1.98. The van der Waals surface area contributed by atoms with Gasteiger partial charge in [-0.1, -0.05) is 23.7 Å². The van der Waals surface area contributed by atoms with Crippen LogP contribution in [0.3, 0.4) is 0 Å². The molecule has 0 saturated carbocycles. The summed E-state index contributed by atoms with van der Waals surface area (Å²) in [7, 11) is 0. The zero-order chi connectivity index (χ0) is 11.4. The molecule has 2 N–H and O–H groups in total. The minimum atomic E-state index is 0.423. The molecule has 2 rings (SSSR count). The van der Waals surface area contributed by atoms with E-state index in [9.17, 15) is 0 Å². The van der Waals surface area contributed by atoms with Crippen LogP contribution < -0.4 is 10.5 Å². The van der Waals surface area contributed by atoms with Crippen LogP contribution in [0.2, 0.25) is 5.02 Å². The van der Waals surface area contributed by atoms with Gasteiger partial charge in [-0.15, -0.1) is 0 Å². The highest BCUT2D eigenvalue weighted by atomic mass is 35.5. The van der Waals surface area contributed by atoms with E-state index >= 15 is 0 Å². The van der Waals surface area contributed by atoms with Gasteiger partial charge >= 0.3 is 0 Å². The van der Waals surface area contributed by atoms with Crippen molar-refractivity contribution < 1.29 is 4.74 Å². The third-order valence-corrected chi connectivity index (χ3v) is 2.38. The number of ether oxygens (including phenoxy) is 1. The lowest BCUT2D eigenvalue weighted by atomic mass is 10.3. The smallest absolute Gasteiger partial charge is 0.146 e. The van der Waals surface area contributed by atoms with Crippen LogP contribution in [0.1, 0.15) is 5.69 Å². The average molecular weight is 235 g/mol. The molecule has 0 aliphatic heterocycles. The second-order valence-corrected chi connectivity index (χ2v) is 3.63. The summed E-state index contributed by atoms with van der Waals surface area (Å²) in [4.78, 5) is 4.13. The maximum Gasteiger partial charge on any atom is 0.146 e. The Morgan fingerprint density at radius 2 is 2.00 bits per heavy atom. The summed E-state index contributed by atoms with van der Waals surface area (Å²) in [6.45, 7) is 0.423. The highest BCUT2D eigenvalue weighted by Gasteiger charge is 2.01. The van der Waals surface area contributed by atoms with Crippen LogP contribution in [0.5, 0.6) is 11.5 Å². The molecule has 2 aromatic rings. The number of pyridine rings is 1. The molecule has 0 aliphatic rings. The molecule has 16 heavy (non-hydrogen) atoms. The van der Waals surface area contributed by atoms with Crippen molar-refractivity contribution in [2.45, 2.75) is 6.54 Å². The lowest BCUT2D eigenvalue weighted by molar-refractivity contribution is 0.480. The topological polar surface area (TPSA) is 48.1 Å². The maximum atomic E-state index is 5.97. The first-order chi connectivity index (χ1) is 7.79. The summed E-state index contributed by atoms with van der Waals surface area (Å²) in [5.74, 6) is 1.26. The first kappa shape index (κ1) is 10.9. The van der Waals surface area contributed by atoms with Crippen molar-refractivity contribution in [2.24, 2.45) is 5.73 Å². The molecule has 3 nitrogen and oxygen atoms in total. The second-order valence-electron chi connectivity index (χ2n) is 3.22. The summed E-state index contributed by atoms with van der Waals surface area (Å²) < 4.78 is 5.57. The van der Waals surface area contributed by atoms with Crippen molar-refractivity contribution in [1.82, 2.24) is 4.98 Å². The van der Waals surface area contributed by atoms with Gasteiger partial charge in [0.05, 0.1) is 16.9 Å². The molecular formula is C12H11ClN2O. The van der Waals surface area contributed by atoms with E-state index in [-0.39, 0.29) is 0 Å². The highest BCUT2D eigenvalue weighted by molar-refractivity contribution is 6.32. The van der Waals surface area contributed by atoms with Crippen LogP contribution in [0.15, 0.2) is 42.6 Å². The number of para-hydroxylation sites is 1. The van der Waals surface area contributed by atoms with Gasteiger partial charge in [0.2, 0.25) is 0 Å². The third kappa shape index (κ3) is 2.51. The molecule has 0 saturated heterocycles.